The van der Waals surface area contributed by atoms with E-state index in [1.165, 1.54) is 0 Å². The van der Waals surface area contributed by atoms with Gasteiger partial charge in [0, 0.05) is 24.2 Å². The second kappa shape index (κ2) is 11.1. The minimum absolute atomic E-state index is 0.00305. The van der Waals surface area contributed by atoms with Gasteiger partial charge in [0.15, 0.2) is 5.82 Å². The summed E-state index contributed by atoms with van der Waals surface area (Å²) in [7, 11) is 0. The third kappa shape index (κ3) is 5.91. The zero-order chi connectivity index (χ0) is 23.9. The van der Waals surface area contributed by atoms with Gasteiger partial charge < -0.3 is 15.5 Å². The number of nitrogens with one attached hydrogen (secondary N) is 2. The van der Waals surface area contributed by atoms with E-state index in [1.54, 1.807) is 9.58 Å². The van der Waals surface area contributed by atoms with Crippen LogP contribution < -0.4 is 10.6 Å². The number of rotatable bonds is 8. The van der Waals surface area contributed by atoms with Gasteiger partial charge in [-0.3, -0.25) is 9.59 Å². The SMILES string of the molecule is CC(C)N(CC(=O)Nc1nn(-c2ccccc2)cc1-c1ccccc1)C(=O)CC1CCCNC1. The molecular formula is C27H33N5O2. The highest BCUT2D eigenvalue weighted by Crippen LogP contribution is 2.28. The van der Waals surface area contributed by atoms with Crippen molar-refractivity contribution in [3.63, 3.8) is 0 Å². The second-order valence-corrected chi connectivity index (χ2v) is 9.12. The molecule has 2 amide bonds. The Bertz CT molecular complexity index is 1090. The van der Waals surface area contributed by atoms with Crippen LogP contribution in [0.25, 0.3) is 16.8 Å². The number of carbonyl (C=O) groups excluding carboxylic acids is 2. The molecule has 0 saturated carbocycles. The largest absolute Gasteiger partial charge is 0.331 e. The standard InChI is InChI=1S/C27H33N5O2/c1-20(2)31(26(34)16-21-10-9-15-28-17-21)19-25(33)29-27-24(22-11-5-3-6-12-22)18-32(30-27)23-13-7-4-8-14-23/h3-8,11-14,18,20-21,28H,9-10,15-17,19H2,1-2H3,(H,29,30,33). The van der Waals surface area contributed by atoms with Crippen molar-refractivity contribution in [1.82, 2.24) is 20.0 Å². The van der Waals surface area contributed by atoms with Crippen LogP contribution in [0.15, 0.2) is 66.9 Å². The molecule has 4 rings (SSSR count). The fraction of sp³-hybridized carbons (Fsp3) is 0.370. The first-order valence-electron chi connectivity index (χ1n) is 12.0. The molecule has 2 aromatic carbocycles. The summed E-state index contributed by atoms with van der Waals surface area (Å²) in [5.41, 5.74) is 2.69. The lowest BCUT2D eigenvalue weighted by molar-refractivity contribution is -0.137. The van der Waals surface area contributed by atoms with Crippen molar-refractivity contribution < 1.29 is 9.59 Å². The molecule has 1 aromatic heterocycles. The molecule has 7 nitrogen and oxygen atoms in total. The van der Waals surface area contributed by atoms with Crippen LogP contribution >= 0.6 is 0 Å². The normalized spacial score (nSPS) is 15.8. The van der Waals surface area contributed by atoms with Crippen molar-refractivity contribution in [3.05, 3.63) is 66.9 Å². The second-order valence-electron chi connectivity index (χ2n) is 9.12. The van der Waals surface area contributed by atoms with Crippen LogP contribution in [0.4, 0.5) is 5.82 Å². The molecule has 2 heterocycles. The van der Waals surface area contributed by atoms with Gasteiger partial charge in [-0.05, 0) is 63.4 Å². The van der Waals surface area contributed by atoms with E-state index in [4.69, 9.17) is 0 Å². The predicted octanol–water partition coefficient (Wildman–Crippen LogP) is 4.10. The zero-order valence-electron chi connectivity index (χ0n) is 19.9. The van der Waals surface area contributed by atoms with Crippen molar-refractivity contribution in [1.29, 1.82) is 0 Å². The molecule has 1 aliphatic rings. The monoisotopic (exact) mass is 459 g/mol. The van der Waals surface area contributed by atoms with E-state index in [0.717, 1.165) is 42.7 Å². The lowest BCUT2D eigenvalue weighted by atomic mass is 9.95. The summed E-state index contributed by atoms with van der Waals surface area (Å²) in [6.07, 6.45) is 4.53. The first-order valence-corrected chi connectivity index (χ1v) is 12.0. The maximum Gasteiger partial charge on any atom is 0.245 e. The van der Waals surface area contributed by atoms with Gasteiger partial charge in [0.1, 0.15) is 6.54 Å². The number of amides is 2. The van der Waals surface area contributed by atoms with Crippen LogP contribution in [0.2, 0.25) is 0 Å². The van der Waals surface area contributed by atoms with Crippen molar-refractivity contribution in [2.45, 2.75) is 39.2 Å². The Morgan fingerprint density at radius 1 is 1.12 bits per heavy atom. The van der Waals surface area contributed by atoms with Crippen LogP contribution in [0, 0.1) is 5.92 Å². The molecular weight excluding hydrogens is 426 g/mol. The number of nitrogens with zero attached hydrogens (tertiary/aromatic N) is 3. The number of piperidine rings is 1. The molecule has 1 aliphatic heterocycles. The van der Waals surface area contributed by atoms with E-state index in [0.29, 0.717) is 18.2 Å². The van der Waals surface area contributed by atoms with Gasteiger partial charge in [-0.15, -0.1) is 5.10 Å². The number of carbonyl (C=O) groups is 2. The molecule has 34 heavy (non-hydrogen) atoms. The average molecular weight is 460 g/mol. The summed E-state index contributed by atoms with van der Waals surface area (Å²) in [6.45, 7) is 5.78. The highest BCUT2D eigenvalue weighted by atomic mass is 16.2. The lowest BCUT2D eigenvalue weighted by Gasteiger charge is -2.29. The highest BCUT2D eigenvalue weighted by Gasteiger charge is 2.25. The Morgan fingerprint density at radius 3 is 2.47 bits per heavy atom. The predicted molar refractivity (Wildman–Crippen MR) is 135 cm³/mol. The topological polar surface area (TPSA) is 79.3 Å². The van der Waals surface area contributed by atoms with E-state index in [1.807, 2.05) is 80.7 Å². The van der Waals surface area contributed by atoms with Crippen LogP contribution in [0.5, 0.6) is 0 Å². The first kappa shape index (κ1) is 23.7. The molecule has 0 spiro atoms. The van der Waals surface area contributed by atoms with Crippen LogP contribution in [0.1, 0.15) is 33.1 Å². The Balaban J connectivity index is 1.51. The number of aromatic nitrogens is 2. The van der Waals surface area contributed by atoms with Gasteiger partial charge in [-0.1, -0.05) is 48.5 Å². The molecule has 0 bridgehead atoms. The molecule has 3 aromatic rings. The summed E-state index contributed by atoms with van der Waals surface area (Å²) in [5, 5.41) is 11.0. The summed E-state index contributed by atoms with van der Waals surface area (Å²) in [6, 6.07) is 19.6. The third-order valence-corrected chi connectivity index (χ3v) is 6.20. The Morgan fingerprint density at radius 2 is 1.82 bits per heavy atom. The van der Waals surface area contributed by atoms with Crippen molar-refractivity contribution >= 4 is 17.6 Å². The molecule has 1 fully saturated rings. The Hall–Kier alpha value is -3.45. The average Bonchev–Trinajstić information content (AvgIpc) is 3.27. The van der Waals surface area contributed by atoms with E-state index in [-0.39, 0.29) is 24.4 Å². The minimum Gasteiger partial charge on any atom is -0.331 e. The number of para-hydroxylation sites is 1. The van der Waals surface area contributed by atoms with E-state index >= 15 is 0 Å². The third-order valence-electron chi connectivity index (χ3n) is 6.20. The number of benzene rings is 2. The fourth-order valence-electron chi connectivity index (χ4n) is 4.36. The zero-order valence-corrected chi connectivity index (χ0v) is 19.9. The Labute approximate surface area is 201 Å². The van der Waals surface area contributed by atoms with Crippen LogP contribution in [-0.4, -0.2) is 52.2 Å². The summed E-state index contributed by atoms with van der Waals surface area (Å²) >= 11 is 0. The smallest absolute Gasteiger partial charge is 0.245 e. The summed E-state index contributed by atoms with van der Waals surface area (Å²) < 4.78 is 1.76. The van der Waals surface area contributed by atoms with Crippen molar-refractivity contribution in [2.24, 2.45) is 5.92 Å². The molecule has 2 N–H and O–H groups in total. The highest BCUT2D eigenvalue weighted by molar-refractivity contribution is 5.97. The Kier molecular flexibility index (Phi) is 7.75. The van der Waals surface area contributed by atoms with Crippen molar-refractivity contribution in [2.75, 3.05) is 25.0 Å². The van der Waals surface area contributed by atoms with Gasteiger partial charge in [0.05, 0.1) is 5.69 Å². The number of hydrogen-bond acceptors (Lipinski definition) is 4. The fourth-order valence-corrected chi connectivity index (χ4v) is 4.36. The van der Waals surface area contributed by atoms with Crippen LogP contribution in [-0.2, 0) is 9.59 Å². The van der Waals surface area contributed by atoms with Gasteiger partial charge >= 0.3 is 0 Å². The summed E-state index contributed by atoms with van der Waals surface area (Å²) in [4.78, 5) is 27.8. The van der Waals surface area contributed by atoms with Gasteiger partial charge in [-0.25, -0.2) is 4.68 Å². The van der Waals surface area contributed by atoms with E-state index < -0.39 is 0 Å². The minimum atomic E-state index is -0.251. The summed E-state index contributed by atoms with van der Waals surface area (Å²) in [5.74, 6) is 0.584. The molecule has 0 aliphatic carbocycles. The number of hydrogen-bond donors (Lipinski definition) is 2. The first-order chi connectivity index (χ1) is 16.5. The maximum atomic E-state index is 13.1. The molecule has 1 unspecified atom stereocenters. The number of anilines is 1. The van der Waals surface area contributed by atoms with Crippen molar-refractivity contribution in [3.8, 4) is 16.8 Å². The van der Waals surface area contributed by atoms with Gasteiger partial charge in [-0.2, -0.15) is 0 Å². The maximum absolute atomic E-state index is 13.1. The van der Waals surface area contributed by atoms with E-state index in [2.05, 4.69) is 15.7 Å². The molecule has 7 heteroatoms. The molecule has 178 valence electrons. The van der Waals surface area contributed by atoms with E-state index in [9.17, 15) is 9.59 Å². The lowest BCUT2D eigenvalue weighted by Crippen LogP contribution is -2.44. The quantitative estimate of drug-likeness (QED) is 0.532. The molecule has 0 radical (unpaired) electrons. The molecule has 1 atom stereocenters. The van der Waals surface area contributed by atoms with Gasteiger partial charge in [0.25, 0.3) is 0 Å². The van der Waals surface area contributed by atoms with Crippen LogP contribution in [0.3, 0.4) is 0 Å². The van der Waals surface area contributed by atoms with Gasteiger partial charge in [0.2, 0.25) is 11.8 Å². The molecule has 1 saturated heterocycles.